The molecule has 140 valence electrons. The second-order valence-electron chi connectivity index (χ2n) is 6.27. The molecule has 0 amide bonds. The Balaban J connectivity index is 1.89. The third-order valence-electron chi connectivity index (χ3n) is 4.54. The van der Waals surface area contributed by atoms with Gasteiger partial charge in [-0.2, -0.15) is 0 Å². The number of para-hydroxylation sites is 1. The van der Waals surface area contributed by atoms with Crippen molar-refractivity contribution in [1.29, 1.82) is 0 Å². The molecule has 0 aliphatic heterocycles. The molecule has 0 unspecified atom stereocenters. The fourth-order valence-corrected chi connectivity index (χ4v) is 3.12. The van der Waals surface area contributed by atoms with Crippen LogP contribution in [0.2, 0.25) is 0 Å². The van der Waals surface area contributed by atoms with E-state index in [-0.39, 0.29) is 5.75 Å². The van der Waals surface area contributed by atoms with Gasteiger partial charge in [0.1, 0.15) is 11.6 Å². The van der Waals surface area contributed by atoms with Gasteiger partial charge in [0.15, 0.2) is 11.5 Å². The van der Waals surface area contributed by atoms with E-state index in [1.165, 1.54) is 7.11 Å². The van der Waals surface area contributed by atoms with Crippen LogP contribution in [0.1, 0.15) is 0 Å². The van der Waals surface area contributed by atoms with Crippen molar-refractivity contribution in [1.82, 2.24) is 9.55 Å². The highest BCUT2D eigenvalue weighted by molar-refractivity contribution is 5.69. The first-order chi connectivity index (χ1) is 13.7. The fourth-order valence-electron chi connectivity index (χ4n) is 3.12. The molecule has 1 N–H and O–H groups in total. The monoisotopic (exact) mass is 372 g/mol. The van der Waals surface area contributed by atoms with Crippen molar-refractivity contribution in [3.05, 3.63) is 79.0 Å². The second-order valence-corrected chi connectivity index (χ2v) is 6.27. The number of methoxy groups -OCH3 is 2. The van der Waals surface area contributed by atoms with Crippen LogP contribution in [0.5, 0.6) is 17.2 Å². The highest BCUT2D eigenvalue weighted by Crippen LogP contribution is 2.34. The number of ether oxygens (including phenoxy) is 2. The van der Waals surface area contributed by atoms with Crippen LogP contribution in [0.3, 0.4) is 0 Å². The molecule has 0 radical (unpaired) electrons. The number of hydrogen-bond acceptors (Lipinski definition) is 4. The molecule has 4 aromatic rings. The number of imidazole rings is 1. The van der Waals surface area contributed by atoms with Crippen LogP contribution in [0.25, 0.3) is 28.3 Å². The summed E-state index contributed by atoms with van der Waals surface area (Å²) < 4.78 is 12.5. The third-order valence-corrected chi connectivity index (χ3v) is 4.54. The Morgan fingerprint density at radius 2 is 1.64 bits per heavy atom. The Labute approximate surface area is 163 Å². The number of aromatic nitrogens is 2. The number of nitrogens with zero attached hydrogens (tertiary/aromatic N) is 2. The number of hydrogen-bond donors (Lipinski definition) is 1. The molecule has 0 aliphatic carbocycles. The summed E-state index contributed by atoms with van der Waals surface area (Å²) in [6, 6.07) is 23.0. The summed E-state index contributed by atoms with van der Waals surface area (Å²) in [5.41, 5.74) is 3.53. The van der Waals surface area contributed by atoms with Crippen molar-refractivity contribution in [2.24, 2.45) is 0 Å². The number of phenols is 1. The molecule has 0 fully saturated rings. The predicted octanol–water partition coefficient (Wildman–Crippen LogP) is 4.93. The maximum absolute atomic E-state index is 10.2. The minimum absolute atomic E-state index is 0.0746. The van der Waals surface area contributed by atoms with E-state index in [4.69, 9.17) is 14.5 Å². The quantitative estimate of drug-likeness (QED) is 0.540. The molecule has 0 aliphatic rings. The second kappa shape index (κ2) is 7.48. The molecule has 0 spiro atoms. The molecule has 1 aromatic heterocycles. The topological polar surface area (TPSA) is 56.5 Å². The summed E-state index contributed by atoms with van der Waals surface area (Å²) in [5.74, 6) is 2.00. The highest BCUT2D eigenvalue weighted by atomic mass is 16.5. The predicted molar refractivity (Wildman–Crippen MR) is 109 cm³/mol. The molecule has 0 saturated heterocycles. The Kier molecular flexibility index (Phi) is 4.72. The molecule has 28 heavy (non-hydrogen) atoms. The molecule has 4 rings (SSSR count). The summed E-state index contributed by atoms with van der Waals surface area (Å²) >= 11 is 0. The van der Waals surface area contributed by atoms with Crippen molar-refractivity contribution < 1.29 is 14.6 Å². The van der Waals surface area contributed by atoms with Crippen LogP contribution in [0.4, 0.5) is 0 Å². The SMILES string of the molecule is COc1cccc(-c2cn(-c3ccccc3)c(-c3ccc(OC)c(O)c3)n2)c1. The minimum Gasteiger partial charge on any atom is -0.504 e. The van der Waals surface area contributed by atoms with E-state index < -0.39 is 0 Å². The first-order valence-electron chi connectivity index (χ1n) is 8.86. The van der Waals surface area contributed by atoms with Crippen molar-refractivity contribution in [2.75, 3.05) is 14.2 Å². The van der Waals surface area contributed by atoms with Crippen LogP contribution >= 0.6 is 0 Å². The normalized spacial score (nSPS) is 10.6. The van der Waals surface area contributed by atoms with Crippen LogP contribution < -0.4 is 9.47 Å². The van der Waals surface area contributed by atoms with Gasteiger partial charge in [-0.05, 0) is 42.5 Å². The van der Waals surface area contributed by atoms with Crippen molar-refractivity contribution in [3.8, 4) is 45.6 Å². The zero-order chi connectivity index (χ0) is 19.5. The first kappa shape index (κ1) is 17.7. The van der Waals surface area contributed by atoms with Crippen LogP contribution in [-0.4, -0.2) is 28.9 Å². The van der Waals surface area contributed by atoms with Crippen molar-refractivity contribution >= 4 is 0 Å². The lowest BCUT2D eigenvalue weighted by atomic mass is 10.1. The van der Waals surface area contributed by atoms with Gasteiger partial charge in [0.25, 0.3) is 0 Å². The molecule has 5 heteroatoms. The summed E-state index contributed by atoms with van der Waals surface area (Å²) in [6.45, 7) is 0. The molecule has 1 heterocycles. The Morgan fingerprint density at radius 1 is 0.821 bits per heavy atom. The number of phenolic OH excluding ortho intramolecular Hbond substituents is 1. The Morgan fingerprint density at radius 3 is 2.36 bits per heavy atom. The maximum atomic E-state index is 10.2. The summed E-state index contributed by atoms with van der Waals surface area (Å²) in [7, 11) is 3.17. The van der Waals surface area contributed by atoms with Gasteiger partial charge >= 0.3 is 0 Å². The lowest BCUT2D eigenvalue weighted by Gasteiger charge is -2.09. The van der Waals surface area contributed by atoms with E-state index in [1.54, 1.807) is 19.2 Å². The third kappa shape index (κ3) is 3.30. The van der Waals surface area contributed by atoms with Gasteiger partial charge in [-0.25, -0.2) is 4.98 Å². The zero-order valence-electron chi connectivity index (χ0n) is 15.7. The summed E-state index contributed by atoms with van der Waals surface area (Å²) in [5, 5.41) is 10.2. The minimum atomic E-state index is 0.0746. The highest BCUT2D eigenvalue weighted by Gasteiger charge is 2.15. The van der Waals surface area contributed by atoms with Crippen LogP contribution in [-0.2, 0) is 0 Å². The van der Waals surface area contributed by atoms with Crippen molar-refractivity contribution in [3.63, 3.8) is 0 Å². The zero-order valence-corrected chi connectivity index (χ0v) is 15.7. The average molecular weight is 372 g/mol. The number of benzene rings is 3. The van der Waals surface area contributed by atoms with E-state index in [9.17, 15) is 5.11 Å². The summed E-state index contributed by atoms with van der Waals surface area (Å²) in [4.78, 5) is 4.85. The first-order valence-corrected chi connectivity index (χ1v) is 8.86. The van der Waals surface area contributed by atoms with E-state index >= 15 is 0 Å². The molecule has 5 nitrogen and oxygen atoms in total. The van der Waals surface area contributed by atoms with E-state index in [0.29, 0.717) is 5.75 Å². The molecule has 0 saturated carbocycles. The maximum Gasteiger partial charge on any atom is 0.160 e. The van der Waals surface area contributed by atoms with Gasteiger partial charge in [0, 0.05) is 23.0 Å². The number of aromatic hydroxyl groups is 1. The van der Waals surface area contributed by atoms with E-state index in [0.717, 1.165) is 34.1 Å². The molecule has 0 bridgehead atoms. The van der Waals surface area contributed by atoms with Gasteiger partial charge in [-0.15, -0.1) is 0 Å². The van der Waals surface area contributed by atoms with E-state index in [1.807, 2.05) is 71.4 Å². The van der Waals surface area contributed by atoms with Crippen molar-refractivity contribution in [2.45, 2.75) is 0 Å². The van der Waals surface area contributed by atoms with E-state index in [2.05, 4.69) is 0 Å². The lowest BCUT2D eigenvalue weighted by Crippen LogP contribution is -1.96. The molecular weight excluding hydrogens is 352 g/mol. The van der Waals surface area contributed by atoms with Crippen LogP contribution in [0, 0.1) is 0 Å². The smallest absolute Gasteiger partial charge is 0.160 e. The number of rotatable bonds is 5. The molecular formula is C23H20N2O3. The molecule has 0 atom stereocenters. The molecule has 3 aromatic carbocycles. The van der Waals surface area contributed by atoms with Crippen LogP contribution in [0.15, 0.2) is 79.0 Å². The standard InChI is InChI=1S/C23H20N2O3/c1-27-19-10-6-7-16(13-19)20-15-25(18-8-4-3-5-9-18)23(24-20)17-11-12-22(28-2)21(26)14-17/h3-15,26H,1-2H3. The average Bonchev–Trinajstić information content (AvgIpc) is 3.20. The van der Waals surface area contributed by atoms with Gasteiger partial charge in [0.05, 0.1) is 19.9 Å². The Bertz CT molecular complexity index is 1100. The lowest BCUT2D eigenvalue weighted by molar-refractivity contribution is 0.373. The van der Waals surface area contributed by atoms with Gasteiger partial charge < -0.3 is 14.6 Å². The van der Waals surface area contributed by atoms with Gasteiger partial charge in [-0.1, -0.05) is 30.3 Å². The van der Waals surface area contributed by atoms with Gasteiger partial charge in [0.2, 0.25) is 0 Å². The summed E-state index contributed by atoms with van der Waals surface area (Å²) in [6.07, 6.45) is 1.99. The van der Waals surface area contributed by atoms with Gasteiger partial charge in [-0.3, -0.25) is 4.57 Å². The largest absolute Gasteiger partial charge is 0.504 e. The Hall–Kier alpha value is -3.73. The fraction of sp³-hybridized carbons (Fsp3) is 0.0870.